The topological polar surface area (TPSA) is 61.8 Å². The Bertz CT molecular complexity index is 1120. The van der Waals surface area contributed by atoms with Crippen molar-refractivity contribution in [3.05, 3.63) is 99.7 Å². The number of Topliss-reactive ketones (excluding diaryl/α,β-unsaturated/α-hetero) is 1. The predicted octanol–water partition coefficient (Wildman–Crippen LogP) is 5.19. The minimum Gasteiger partial charge on any atom is -0.482 e. The number of esters is 1. The minimum atomic E-state index is -0.480. The molecule has 0 saturated carbocycles. The van der Waals surface area contributed by atoms with Gasteiger partial charge in [-0.15, -0.1) is 0 Å². The number of carbonyl (C=O) groups is 2. The van der Waals surface area contributed by atoms with Crippen LogP contribution >= 0.6 is 15.9 Å². The Morgan fingerprint density at radius 3 is 2.63 bits per heavy atom. The molecule has 0 aromatic heterocycles. The van der Waals surface area contributed by atoms with E-state index in [0.717, 1.165) is 15.6 Å². The molecule has 150 valence electrons. The van der Waals surface area contributed by atoms with Crippen LogP contribution in [0, 0.1) is 0 Å². The van der Waals surface area contributed by atoms with Gasteiger partial charge in [-0.25, -0.2) is 4.79 Å². The third-order valence-electron chi connectivity index (χ3n) is 4.39. The van der Waals surface area contributed by atoms with Gasteiger partial charge in [0.1, 0.15) is 18.1 Å². The second kappa shape index (κ2) is 8.97. The first-order chi connectivity index (χ1) is 14.6. The molecule has 3 aromatic rings. The Balaban J connectivity index is 1.37. The Morgan fingerprint density at radius 1 is 1.00 bits per heavy atom. The summed E-state index contributed by atoms with van der Waals surface area (Å²) in [6.07, 6.45) is 1.69. The number of ketones is 1. The van der Waals surface area contributed by atoms with Gasteiger partial charge in [0, 0.05) is 10.5 Å². The second-order valence-electron chi connectivity index (χ2n) is 6.59. The van der Waals surface area contributed by atoms with Crippen LogP contribution in [0.1, 0.15) is 21.5 Å². The molecule has 5 nitrogen and oxygen atoms in total. The van der Waals surface area contributed by atoms with Crippen LogP contribution in [-0.4, -0.2) is 18.4 Å². The summed E-state index contributed by atoms with van der Waals surface area (Å²) in [7, 11) is 0. The normalized spacial score (nSPS) is 13.6. The third-order valence-corrected chi connectivity index (χ3v) is 4.88. The van der Waals surface area contributed by atoms with Gasteiger partial charge in [0.25, 0.3) is 0 Å². The zero-order valence-corrected chi connectivity index (χ0v) is 17.4. The molecule has 0 fully saturated rings. The van der Waals surface area contributed by atoms with Crippen LogP contribution in [0.2, 0.25) is 0 Å². The number of ether oxygens (including phenoxy) is 3. The van der Waals surface area contributed by atoms with Gasteiger partial charge >= 0.3 is 5.97 Å². The molecule has 0 bridgehead atoms. The van der Waals surface area contributed by atoms with Crippen molar-refractivity contribution in [3.8, 4) is 11.5 Å². The number of carbonyl (C=O) groups excluding carboxylic acids is 2. The average Bonchev–Trinajstić information content (AvgIpc) is 3.06. The number of rotatable bonds is 6. The van der Waals surface area contributed by atoms with Crippen molar-refractivity contribution in [2.24, 2.45) is 0 Å². The number of hydrogen-bond acceptors (Lipinski definition) is 5. The number of benzene rings is 3. The van der Waals surface area contributed by atoms with E-state index in [-0.39, 0.29) is 24.8 Å². The summed E-state index contributed by atoms with van der Waals surface area (Å²) in [5, 5.41) is 0. The van der Waals surface area contributed by atoms with Crippen molar-refractivity contribution < 1.29 is 23.8 Å². The van der Waals surface area contributed by atoms with E-state index in [1.807, 2.05) is 54.6 Å². The van der Waals surface area contributed by atoms with Crippen molar-refractivity contribution in [1.82, 2.24) is 0 Å². The lowest BCUT2D eigenvalue weighted by molar-refractivity contribution is -0.147. The number of fused-ring (bicyclic) bond motifs is 1. The van der Waals surface area contributed by atoms with Crippen LogP contribution in [0.25, 0.3) is 6.08 Å². The fourth-order valence-electron chi connectivity index (χ4n) is 2.93. The van der Waals surface area contributed by atoms with Gasteiger partial charge < -0.3 is 14.2 Å². The molecule has 6 heteroatoms. The van der Waals surface area contributed by atoms with E-state index in [9.17, 15) is 9.59 Å². The predicted molar refractivity (Wildman–Crippen MR) is 115 cm³/mol. The molecule has 3 aromatic carbocycles. The van der Waals surface area contributed by atoms with Crippen molar-refractivity contribution >= 4 is 33.8 Å². The summed E-state index contributed by atoms with van der Waals surface area (Å²) in [6, 6.07) is 21.8. The van der Waals surface area contributed by atoms with E-state index < -0.39 is 5.97 Å². The first kappa shape index (κ1) is 19.9. The van der Waals surface area contributed by atoms with Gasteiger partial charge in [-0.2, -0.15) is 0 Å². The van der Waals surface area contributed by atoms with E-state index in [1.165, 1.54) is 0 Å². The highest BCUT2D eigenvalue weighted by molar-refractivity contribution is 9.10. The molecule has 1 aliphatic heterocycles. The fraction of sp³-hybridized carbons (Fsp3) is 0.0833. The van der Waals surface area contributed by atoms with Crippen molar-refractivity contribution in [2.75, 3.05) is 6.61 Å². The molecule has 0 spiro atoms. The summed E-state index contributed by atoms with van der Waals surface area (Å²) >= 11 is 3.41. The van der Waals surface area contributed by atoms with E-state index in [4.69, 9.17) is 14.2 Å². The molecule has 30 heavy (non-hydrogen) atoms. The lowest BCUT2D eigenvalue weighted by atomic mass is 10.1. The number of hydrogen-bond donors (Lipinski definition) is 0. The first-order valence-corrected chi connectivity index (χ1v) is 10.0. The maximum absolute atomic E-state index is 12.6. The van der Waals surface area contributed by atoms with E-state index >= 15 is 0 Å². The van der Waals surface area contributed by atoms with Crippen molar-refractivity contribution in [2.45, 2.75) is 6.61 Å². The molecular weight excluding hydrogens is 448 g/mol. The minimum absolute atomic E-state index is 0.189. The van der Waals surface area contributed by atoms with Crippen LogP contribution in [0.4, 0.5) is 0 Å². The van der Waals surface area contributed by atoms with E-state index in [0.29, 0.717) is 17.1 Å². The fourth-order valence-corrected chi connectivity index (χ4v) is 3.34. The van der Waals surface area contributed by atoms with Gasteiger partial charge in [-0.1, -0.05) is 58.4 Å². The molecular formula is C24H17BrO5. The van der Waals surface area contributed by atoms with Gasteiger partial charge in [-0.3, -0.25) is 4.79 Å². The lowest BCUT2D eigenvalue weighted by Crippen LogP contribution is -2.14. The highest BCUT2D eigenvalue weighted by Crippen LogP contribution is 2.35. The second-order valence-corrected chi connectivity index (χ2v) is 7.50. The first-order valence-electron chi connectivity index (χ1n) is 9.25. The molecule has 0 aliphatic carbocycles. The molecule has 0 amide bonds. The zero-order chi connectivity index (χ0) is 20.9. The Morgan fingerprint density at radius 2 is 1.83 bits per heavy atom. The molecule has 0 atom stereocenters. The summed E-state index contributed by atoms with van der Waals surface area (Å²) < 4.78 is 17.3. The highest BCUT2D eigenvalue weighted by atomic mass is 79.9. The third kappa shape index (κ3) is 4.78. The van der Waals surface area contributed by atoms with Crippen LogP contribution in [-0.2, 0) is 16.1 Å². The SMILES string of the molecule is O=C(COc1ccc2c(c1)O/C(=C\c1cccc(Br)c1)C2=O)OCc1ccccc1. The smallest absolute Gasteiger partial charge is 0.344 e. The monoisotopic (exact) mass is 464 g/mol. The lowest BCUT2D eigenvalue weighted by Gasteiger charge is -2.08. The Labute approximate surface area is 182 Å². The van der Waals surface area contributed by atoms with Gasteiger partial charge in [0.15, 0.2) is 12.4 Å². The molecule has 0 radical (unpaired) electrons. The maximum atomic E-state index is 12.6. The summed E-state index contributed by atoms with van der Waals surface area (Å²) in [6.45, 7) is -0.0467. The molecule has 1 aliphatic rings. The maximum Gasteiger partial charge on any atom is 0.344 e. The summed E-state index contributed by atoms with van der Waals surface area (Å²) in [5.41, 5.74) is 2.20. The van der Waals surface area contributed by atoms with Crippen LogP contribution in [0.3, 0.4) is 0 Å². The summed E-state index contributed by atoms with van der Waals surface area (Å²) in [5.74, 6) is 0.381. The van der Waals surface area contributed by atoms with E-state index in [2.05, 4.69) is 15.9 Å². The highest BCUT2D eigenvalue weighted by Gasteiger charge is 2.27. The standard InChI is InChI=1S/C24H17BrO5/c25-18-8-4-7-17(11-18)12-22-24(27)20-10-9-19(13-21(20)30-22)28-15-23(26)29-14-16-5-2-1-3-6-16/h1-13H,14-15H2/b22-12-. The van der Waals surface area contributed by atoms with Gasteiger partial charge in [0.2, 0.25) is 5.78 Å². The van der Waals surface area contributed by atoms with Crippen LogP contribution in [0.15, 0.2) is 83.0 Å². The van der Waals surface area contributed by atoms with Crippen molar-refractivity contribution in [1.29, 1.82) is 0 Å². The van der Waals surface area contributed by atoms with Crippen molar-refractivity contribution in [3.63, 3.8) is 0 Å². The number of allylic oxidation sites excluding steroid dienone is 1. The summed E-state index contributed by atoms with van der Waals surface area (Å²) in [4.78, 5) is 24.5. The largest absolute Gasteiger partial charge is 0.482 e. The molecule has 1 heterocycles. The number of halogens is 1. The molecule has 0 N–H and O–H groups in total. The van der Waals surface area contributed by atoms with Gasteiger partial charge in [-0.05, 0) is 41.5 Å². The molecule has 0 saturated heterocycles. The van der Waals surface area contributed by atoms with Crippen LogP contribution < -0.4 is 9.47 Å². The quantitative estimate of drug-likeness (QED) is 0.371. The van der Waals surface area contributed by atoms with E-state index in [1.54, 1.807) is 24.3 Å². The zero-order valence-electron chi connectivity index (χ0n) is 15.8. The molecule has 0 unspecified atom stereocenters. The van der Waals surface area contributed by atoms with Crippen LogP contribution in [0.5, 0.6) is 11.5 Å². The molecule has 4 rings (SSSR count). The Kier molecular flexibility index (Phi) is 5.95. The average molecular weight is 465 g/mol. The Hall–Kier alpha value is -3.38. The van der Waals surface area contributed by atoms with Gasteiger partial charge in [0.05, 0.1) is 5.56 Å².